The summed E-state index contributed by atoms with van der Waals surface area (Å²) in [7, 11) is 1.65. The molecule has 0 saturated carbocycles. The lowest BCUT2D eigenvalue weighted by Gasteiger charge is -2.04. The van der Waals surface area contributed by atoms with Crippen LogP contribution in [-0.4, -0.2) is 17.2 Å². The molecule has 90 valence electrons. The fourth-order valence-corrected chi connectivity index (χ4v) is 2.77. The van der Waals surface area contributed by atoms with Crippen LogP contribution in [-0.2, 0) is 0 Å². The van der Waals surface area contributed by atoms with Crippen molar-refractivity contribution in [2.24, 2.45) is 0 Å². The molecule has 0 aliphatic carbocycles. The highest BCUT2D eigenvalue weighted by molar-refractivity contribution is 7.15. The van der Waals surface area contributed by atoms with Gasteiger partial charge in [0.15, 0.2) is 0 Å². The van der Waals surface area contributed by atoms with Gasteiger partial charge in [-0.3, -0.25) is 0 Å². The summed E-state index contributed by atoms with van der Waals surface area (Å²) in [5, 5.41) is 10.5. The summed E-state index contributed by atoms with van der Waals surface area (Å²) in [5.41, 5.74) is 1.85. The van der Waals surface area contributed by atoms with Gasteiger partial charge in [0.05, 0.1) is 29.3 Å². The molecule has 0 bridgehead atoms. The molecule has 0 amide bonds. The van der Waals surface area contributed by atoms with Crippen molar-refractivity contribution >= 4 is 11.3 Å². The number of para-hydroxylation sites is 1. The van der Waals surface area contributed by atoms with Gasteiger partial charge in [-0.05, 0) is 26.0 Å². The van der Waals surface area contributed by atoms with Crippen LogP contribution in [0.2, 0.25) is 0 Å². The molecule has 4 heteroatoms. The number of aliphatic hydroxyl groups is 1. The molecule has 3 nitrogen and oxygen atoms in total. The van der Waals surface area contributed by atoms with Crippen LogP contribution in [0, 0.1) is 6.92 Å². The average molecular weight is 249 g/mol. The lowest BCUT2D eigenvalue weighted by Crippen LogP contribution is -1.88. The van der Waals surface area contributed by atoms with E-state index in [1.165, 1.54) is 11.3 Å². The Kier molecular flexibility index (Phi) is 3.45. The second kappa shape index (κ2) is 4.85. The molecule has 0 fully saturated rings. The van der Waals surface area contributed by atoms with Crippen molar-refractivity contribution in [2.75, 3.05) is 7.11 Å². The van der Waals surface area contributed by atoms with Gasteiger partial charge in [0.1, 0.15) is 10.8 Å². The van der Waals surface area contributed by atoms with Crippen molar-refractivity contribution in [3.63, 3.8) is 0 Å². The number of benzene rings is 1. The highest BCUT2D eigenvalue weighted by Crippen LogP contribution is 2.36. The number of hydrogen-bond acceptors (Lipinski definition) is 4. The van der Waals surface area contributed by atoms with Crippen molar-refractivity contribution in [1.29, 1.82) is 0 Å². The summed E-state index contributed by atoms with van der Waals surface area (Å²) in [5.74, 6) is 0.804. The van der Waals surface area contributed by atoms with Crippen molar-refractivity contribution in [3.8, 4) is 16.3 Å². The summed E-state index contributed by atoms with van der Waals surface area (Å²) in [6, 6.07) is 7.77. The number of thiazole rings is 1. The molecule has 2 aromatic rings. The zero-order chi connectivity index (χ0) is 12.4. The lowest BCUT2D eigenvalue weighted by molar-refractivity contribution is 0.202. The van der Waals surface area contributed by atoms with Gasteiger partial charge >= 0.3 is 0 Å². The standard InChI is InChI=1S/C13H15NO2S/c1-8-12(9(2)15)17-13(14-8)10-6-4-5-7-11(10)16-3/h4-7,9,15H,1-3H3. The van der Waals surface area contributed by atoms with Crippen LogP contribution in [0.25, 0.3) is 10.6 Å². The number of nitrogens with zero attached hydrogens (tertiary/aromatic N) is 1. The van der Waals surface area contributed by atoms with Crippen LogP contribution < -0.4 is 4.74 Å². The highest BCUT2D eigenvalue weighted by Gasteiger charge is 2.15. The SMILES string of the molecule is COc1ccccc1-c1nc(C)c(C(C)O)s1. The molecule has 1 N–H and O–H groups in total. The van der Waals surface area contributed by atoms with E-state index in [0.29, 0.717) is 0 Å². The van der Waals surface area contributed by atoms with Gasteiger partial charge in [0.25, 0.3) is 0 Å². The molecule has 1 aromatic heterocycles. The first-order valence-electron chi connectivity index (χ1n) is 5.42. The van der Waals surface area contributed by atoms with E-state index >= 15 is 0 Å². The molecule has 0 aliphatic rings. The maximum atomic E-state index is 9.63. The lowest BCUT2D eigenvalue weighted by atomic mass is 10.2. The number of hydrogen-bond donors (Lipinski definition) is 1. The Morgan fingerprint density at radius 2 is 2.06 bits per heavy atom. The zero-order valence-electron chi connectivity index (χ0n) is 10.1. The van der Waals surface area contributed by atoms with Gasteiger partial charge in [0, 0.05) is 0 Å². The Morgan fingerprint density at radius 1 is 1.35 bits per heavy atom. The van der Waals surface area contributed by atoms with E-state index in [2.05, 4.69) is 4.98 Å². The minimum atomic E-state index is -0.476. The van der Waals surface area contributed by atoms with E-state index in [1.54, 1.807) is 14.0 Å². The highest BCUT2D eigenvalue weighted by atomic mass is 32.1. The van der Waals surface area contributed by atoms with Crippen molar-refractivity contribution in [2.45, 2.75) is 20.0 Å². The van der Waals surface area contributed by atoms with E-state index in [-0.39, 0.29) is 0 Å². The second-order valence-corrected chi connectivity index (χ2v) is 4.88. The first-order valence-corrected chi connectivity index (χ1v) is 6.24. The molecular weight excluding hydrogens is 234 g/mol. The maximum Gasteiger partial charge on any atom is 0.129 e. The quantitative estimate of drug-likeness (QED) is 0.908. The molecule has 1 unspecified atom stereocenters. The van der Waals surface area contributed by atoms with Crippen molar-refractivity contribution < 1.29 is 9.84 Å². The van der Waals surface area contributed by atoms with E-state index in [9.17, 15) is 5.11 Å². The Hall–Kier alpha value is -1.39. The predicted octanol–water partition coefficient (Wildman–Crippen LogP) is 3.18. The van der Waals surface area contributed by atoms with E-state index < -0.39 is 6.10 Å². The Balaban J connectivity index is 2.50. The molecule has 1 aromatic carbocycles. The normalized spacial score (nSPS) is 12.5. The number of aryl methyl sites for hydroxylation is 1. The summed E-state index contributed by atoms with van der Waals surface area (Å²) >= 11 is 1.51. The van der Waals surface area contributed by atoms with Gasteiger partial charge in [0.2, 0.25) is 0 Å². The number of ether oxygens (including phenoxy) is 1. The fourth-order valence-electron chi connectivity index (χ4n) is 1.73. The molecular formula is C13H15NO2S. The smallest absolute Gasteiger partial charge is 0.129 e. The third kappa shape index (κ3) is 2.33. The third-order valence-electron chi connectivity index (χ3n) is 2.55. The molecule has 2 rings (SSSR count). The number of methoxy groups -OCH3 is 1. The molecule has 17 heavy (non-hydrogen) atoms. The van der Waals surface area contributed by atoms with Crippen LogP contribution in [0.3, 0.4) is 0 Å². The molecule has 1 atom stereocenters. The largest absolute Gasteiger partial charge is 0.496 e. The molecule has 0 aliphatic heterocycles. The summed E-state index contributed by atoms with van der Waals surface area (Å²) < 4.78 is 5.31. The topological polar surface area (TPSA) is 42.4 Å². The van der Waals surface area contributed by atoms with E-state index in [4.69, 9.17) is 4.74 Å². The van der Waals surface area contributed by atoms with Crippen LogP contribution >= 0.6 is 11.3 Å². The van der Waals surface area contributed by atoms with Crippen LogP contribution in [0.15, 0.2) is 24.3 Å². The first kappa shape index (κ1) is 12.1. The molecule has 0 spiro atoms. The number of aliphatic hydroxyl groups excluding tert-OH is 1. The summed E-state index contributed by atoms with van der Waals surface area (Å²) in [6.07, 6.45) is -0.476. The average Bonchev–Trinajstić information content (AvgIpc) is 2.71. The van der Waals surface area contributed by atoms with Gasteiger partial charge in [-0.1, -0.05) is 12.1 Å². The Labute approximate surface area is 105 Å². The summed E-state index contributed by atoms with van der Waals surface area (Å²) in [6.45, 7) is 3.67. The predicted molar refractivity (Wildman–Crippen MR) is 69.5 cm³/mol. The van der Waals surface area contributed by atoms with Gasteiger partial charge < -0.3 is 9.84 Å². The molecule has 0 saturated heterocycles. The van der Waals surface area contributed by atoms with Crippen LogP contribution in [0.5, 0.6) is 5.75 Å². The zero-order valence-corrected chi connectivity index (χ0v) is 10.9. The van der Waals surface area contributed by atoms with Crippen molar-refractivity contribution in [1.82, 2.24) is 4.98 Å². The van der Waals surface area contributed by atoms with Crippen LogP contribution in [0.1, 0.15) is 23.6 Å². The number of aromatic nitrogens is 1. The first-order chi connectivity index (χ1) is 8.13. The Bertz CT molecular complexity index is 520. The fraction of sp³-hybridized carbons (Fsp3) is 0.308. The minimum absolute atomic E-state index is 0.476. The number of rotatable bonds is 3. The van der Waals surface area contributed by atoms with Crippen molar-refractivity contribution in [3.05, 3.63) is 34.8 Å². The summed E-state index contributed by atoms with van der Waals surface area (Å²) in [4.78, 5) is 5.40. The molecule has 1 heterocycles. The molecule has 0 radical (unpaired) electrons. The van der Waals surface area contributed by atoms with E-state index in [0.717, 1.165) is 26.9 Å². The van der Waals surface area contributed by atoms with E-state index in [1.807, 2.05) is 31.2 Å². The minimum Gasteiger partial charge on any atom is -0.496 e. The van der Waals surface area contributed by atoms with Crippen LogP contribution in [0.4, 0.5) is 0 Å². The third-order valence-corrected chi connectivity index (χ3v) is 3.91. The maximum absolute atomic E-state index is 9.63. The monoisotopic (exact) mass is 249 g/mol. The van der Waals surface area contributed by atoms with Gasteiger partial charge in [-0.2, -0.15) is 0 Å². The second-order valence-electron chi connectivity index (χ2n) is 3.84. The Morgan fingerprint density at radius 3 is 2.65 bits per heavy atom. The van der Waals surface area contributed by atoms with Gasteiger partial charge in [-0.25, -0.2) is 4.98 Å². The van der Waals surface area contributed by atoms with Gasteiger partial charge in [-0.15, -0.1) is 11.3 Å².